The highest BCUT2D eigenvalue weighted by atomic mass is 19.1. The average molecular weight is 730 g/mol. The first kappa shape index (κ1) is 35.1. The molecule has 0 atom stereocenters. The van der Waals surface area contributed by atoms with Crippen molar-refractivity contribution < 1.29 is 28.2 Å². The van der Waals surface area contributed by atoms with Crippen LogP contribution < -0.4 is 24.8 Å². The summed E-state index contributed by atoms with van der Waals surface area (Å²) in [6, 6.07) is 48.2. The molecular weight excluding hydrogens is 694 g/mol. The predicted molar refractivity (Wildman–Crippen MR) is 210 cm³/mol. The van der Waals surface area contributed by atoms with E-state index in [2.05, 4.69) is 52.0 Å². The molecule has 0 spiro atoms. The Morgan fingerprint density at radius 2 is 1.15 bits per heavy atom. The summed E-state index contributed by atoms with van der Waals surface area (Å²) in [7, 11) is 1.60. The fourth-order valence-electron chi connectivity index (χ4n) is 6.77. The van der Waals surface area contributed by atoms with E-state index in [-0.39, 0.29) is 0 Å². The van der Waals surface area contributed by atoms with Crippen LogP contribution in [0, 0.1) is 11.2 Å². The molecule has 9 heteroatoms. The minimum Gasteiger partial charge on any atom is -0.493 e. The van der Waals surface area contributed by atoms with Crippen molar-refractivity contribution in [2.24, 2.45) is 5.41 Å². The second-order valence-electron chi connectivity index (χ2n) is 13.3. The van der Waals surface area contributed by atoms with E-state index in [0.29, 0.717) is 58.1 Å². The Bertz CT molecular complexity index is 2360. The van der Waals surface area contributed by atoms with Gasteiger partial charge in [-0.05, 0) is 73.5 Å². The zero-order valence-electron chi connectivity index (χ0n) is 29.9. The number of anilines is 2. The van der Waals surface area contributed by atoms with Crippen molar-refractivity contribution in [3.8, 4) is 23.0 Å². The van der Waals surface area contributed by atoms with E-state index < -0.39 is 28.6 Å². The number of amides is 2. The molecule has 8 nitrogen and oxygen atoms in total. The summed E-state index contributed by atoms with van der Waals surface area (Å²) in [4.78, 5) is 30.9. The van der Waals surface area contributed by atoms with Gasteiger partial charge in [-0.15, -0.1) is 0 Å². The van der Waals surface area contributed by atoms with Gasteiger partial charge in [-0.2, -0.15) is 0 Å². The minimum atomic E-state index is -1.18. The van der Waals surface area contributed by atoms with Crippen LogP contribution in [0.4, 0.5) is 15.8 Å². The molecule has 1 aromatic heterocycles. The first-order valence-corrected chi connectivity index (χ1v) is 17.9. The Labute approximate surface area is 317 Å². The topological polar surface area (TPSA) is 98.8 Å². The Kier molecular flexibility index (Phi) is 9.43. The quantitative estimate of drug-likeness (QED) is 0.0960. The summed E-state index contributed by atoms with van der Waals surface area (Å²) < 4.78 is 32.8. The maximum Gasteiger partial charge on any atom is 0.240 e. The highest BCUT2D eigenvalue weighted by molar-refractivity contribution is 6.16. The number of methoxy groups -OCH3 is 1. The molecule has 2 amide bonds. The molecule has 1 fully saturated rings. The fourth-order valence-corrected chi connectivity index (χ4v) is 6.77. The van der Waals surface area contributed by atoms with Gasteiger partial charge in [0.1, 0.15) is 22.7 Å². The van der Waals surface area contributed by atoms with Crippen molar-refractivity contribution >= 4 is 34.1 Å². The second-order valence-corrected chi connectivity index (χ2v) is 13.3. The number of fused-ring (bicyclic) bond motifs is 1. The zero-order valence-corrected chi connectivity index (χ0v) is 29.9. The zero-order chi connectivity index (χ0) is 37.8. The van der Waals surface area contributed by atoms with Crippen LogP contribution >= 0.6 is 0 Å². The number of carbonyl (C=O) groups is 2. The molecule has 1 aliphatic rings. The molecule has 7 aromatic rings. The van der Waals surface area contributed by atoms with Crippen molar-refractivity contribution in [3.63, 3.8) is 0 Å². The molecule has 0 aliphatic heterocycles. The number of rotatable bonds is 12. The number of aromatic nitrogens is 1. The van der Waals surface area contributed by atoms with Crippen LogP contribution in [0.3, 0.4) is 0 Å². The third kappa shape index (κ3) is 6.95. The average Bonchev–Trinajstić information content (AvgIpc) is 4.05. The molecule has 0 bridgehead atoms. The number of hydrogen-bond donors (Lipinski definition) is 2. The summed E-state index contributed by atoms with van der Waals surface area (Å²) in [5.74, 6) is 0.827. The second kappa shape index (κ2) is 14.8. The van der Waals surface area contributed by atoms with Crippen molar-refractivity contribution in [1.82, 2.24) is 4.98 Å². The summed E-state index contributed by atoms with van der Waals surface area (Å²) in [6.07, 6.45) is 2.52. The normalized spacial score (nSPS) is 13.1. The lowest BCUT2D eigenvalue weighted by Gasteiger charge is -2.36. The Morgan fingerprint density at radius 1 is 0.636 bits per heavy atom. The van der Waals surface area contributed by atoms with E-state index in [9.17, 15) is 14.0 Å². The minimum absolute atomic E-state index is 0.401. The number of pyridine rings is 1. The van der Waals surface area contributed by atoms with Gasteiger partial charge in [0.2, 0.25) is 11.8 Å². The van der Waals surface area contributed by atoms with Gasteiger partial charge in [0, 0.05) is 45.7 Å². The Balaban J connectivity index is 1.05. The van der Waals surface area contributed by atoms with Crippen LogP contribution in [0.2, 0.25) is 0 Å². The number of nitrogens with one attached hydrogen (secondary N) is 2. The summed E-state index contributed by atoms with van der Waals surface area (Å²) in [5, 5.41) is 6.29. The molecule has 1 aliphatic carbocycles. The van der Waals surface area contributed by atoms with Crippen molar-refractivity contribution in [3.05, 3.63) is 186 Å². The number of ether oxygens (including phenoxy) is 3. The third-order valence-electron chi connectivity index (χ3n) is 9.85. The molecule has 1 heterocycles. The van der Waals surface area contributed by atoms with Gasteiger partial charge in [-0.25, -0.2) is 4.39 Å². The standard InChI is InChI=1S/C46H36FN3O5/c1-53-41-29-38-39(30-42(41)55-46(31-11-5-2-6-12-31,32-13-7-3-8-14-32)33-15-9-4-10-16-33)48-28-25-40(38)54-37-23-21-36(22-24-37)50-44(52)45(26-27-45)43(51)49-35-19-17-34(47)18-20-35/h2-25,28-30H,26-27H2,1H3,(H,49,51)(H,50,52). The fraction of sp³-hybridized carbons (Fsp3) is 0.109. The van der Waals surface area contributed by atoms with Gasteiger partial charge in [0.05, 0.1) is 12.6 Å². The van der Waals surface area contributed by atoms with Gasteiger partial charge in [0.25, 0.3) is 0 Å². The number of nitrogens with zero attached hydrogens (tertiary/aromatic N) is 1. The number of halogens is 1. The molecule has 0 radical (unpaired) electrons. The maximum atomic E-state index is 13.3. The SMILES string of the molecule is COc1cc2c(Oc3ccc(NC(=O)C4(C(=O)Nc5ccc(F)cc5)CC4)cc3)ccnc2cc1OC(c1ccccc1)(c1ccccc1)c1ccccc1. The monoisotopic (exact) mass is 729 g/mol. The van der Waals surface area contributed by atoms with E-state index in [0.717, 1.165) is 16.7 Å². The molecule has 2 N–H and O–H groups in total. The first-order valence-electron chi connectivity index (χ1n) is 17.9. The van der Waals surface area contributed by atoms with Crippen LogP contribution in [-0.4, -0.2) is 23.9 Å². The predicted octanol–water partition coefficient (Wildman–Crippen LogP) is 9.90. The maximum absolute atomic E-state index is 13.3. The summed E-state index contributed by atoms with van der Waals surface area (Å²) in [5.41, 5.74) is 2.20. The molecule has 0 saturated heterocycles. The molecule has 0 unspecified atom stereocenters. The lowest BCUT2D eigenvalue weighted by Crippen LogP contribution is -2.36. The number of hydrogen-bond acceptors (Lipinski definition) is 6. The van der Waals surface area contributed by atoms with E-state index in [1.54, 1.807) is 43.6 Å². The van der Waals surface area contributed by atoms with E-state index in [4.69, 9.17) is 14.2 Å². The van der Waals surface area contributed by atoms with Crippen LogP contribution in [0.1, 0.15) is 29.5 Å². The summed E-state index contributed by atoms with van der Waals surface area (Å²) in [6.45, 7) is 0. The van der Waals surface area contributed by atoms with Gasteiger partial charge < -0.3 is 24.8 Å². The van der Waals surface area contributed by atoms with Gasteiger partial charge >= 0.3 is 0 Å². The highest BCUT2D eigenvalue weighted by Gasteiger charge is 2.56. The largest absolute Gasteiger partial charge is 0.493 e. The lowest BCUT2D eigenvalue weighted by molar-refractivity contribution is -0.131. The van der Waals surface area contributed by atoms with Crippen LogP contribution in [0.5, 0.6) is 23.0 Å². The van der Waals surface area contributed by atoms with Gasteiger partial charge in [-0.1, -0.05) is 91.0 Å². The Hall–Kier alpha value is -7.00. The molecular formula is C46H36FN3O5. The van der Waals surface area contributed by atoms with E-state index in [1.807, 2.05) is 66.7 Å². The van der Waals surface area contributed by atoms with Crippen LogP contribution in [0.25, 0.3) is 10.9 Å². The van der Waals surface area contributed by atoms with Crippen molar-refractivity contribution in [1.29, 1.82) is 0 Å². The third-order valence-corrected chi connectivity index (χ3v) is 9.85. The van der Waals surface area contributed by atoms with Crippen molar-refractivity contribution in [2.75, 3.05) is 17.7 Å². The lowest BCUT2D eigenvalue weighted by atomic mass is 9.80. The van der Waals surface area contributed by atoms with Crippen LogP contribution in [0.15, 0.2) is 164 Å². The highest BCUT2D eigenvalue weighted by Crippen LogP contribution is 2.48. The molecule has 8 rings (SSSR count). The molecule has 1 saturated carbocycles. The molecule has 6 aromatic carbocycles. The van der Waals surface area contributed by atoms with Gasteiger partial charge in [0.15, 0.2) is 17.1 Å². The van der Waals surface area contributed by atoms with E-state index >= 15 is 0 Å². The van der Waals surface area contributed by atoms with Gasteiger partial charge in [-0.3, -0.25) is 14.6 Å². The Morgan fingerprint density at radius 3 is 1.64 bits per heavy atom. The first-order chi connectivity index (χ1) is 26.9. The number of benzene rings is 6. The molecule has 272 valence electrons. The number of carbonyl (C=O) groups excluding carboxylic acids is 2. The smallest absolute Gasteiger partial charge is 0.240 e. The van der Waals surface area contributed by atoms with Crippen molar-refractivity contribution in [2.45, 2.75) is 18.4 Å². The summed E-state index contributed by atoms with van der Waals surface area (Å²) >= 11 is 0. The van der Waals surface area contributed by atoms with E-state index in [1.165, 1.54) is 24.3 Å². The van der Waals surface area contributed by atoms with Crippen LogP contribution in [-0.2, 0) is 15.2 Å². The molecule has 55 heavy (non-hydrogen) atoms.